The molecular formula is C18H26N2O4. The number of piperidine rings is 1. The zero-order valence-corrected chi connectivity index (χ0v) is 14.5. The van der Waals surface area contributed by atoms with Crippen LogP contribution in [0.25, 0.3) is 0 Å². The molecule has 24 heavy (non-hydrogen) atoms. The highest BCUT2D eigenvalue weighted by Crippen LogP contribution is 2.13. The Kier molecular flexibility index (Phi) is 6.20. The van der Waals surface area contributed by atoms with Crippen molar-refractivity contribution in [2.75, 3.05) is 6.54 Å². The van der Waals surface area contributed by atoms with Crippen molar-refractivity contribution in [1.82, 2.24) is 10.6 Å². The molecule has 0 aromatic heterocycles. The van der Waals surface area contributed by atoms with E-state index in [2.05, 4.69) is 10.6 Å². The number of nitrogens with one attached hydrogen (secondary N) is 2. The maximum Gasteiger partial charge on any atom is 0.407 e. The van der Waals surface area contributed by atoms with Gasteiger partial charge in [-0.1, -0.05) is 30.3 Å². The van der Waals surface area contributed by atoms with E-state index in [0.29, 0.717) is 6.42 Å². The molecule has 2 N–H and O–H groups in total. The highest BCUT2D eigenvalue weighted by Gasteiger charge is 2.34. The topological polar surface area (TPSA) is 76.7 Å². The summed E-state index contributed by atoms with van der Waals surface area (Å²) < 4.78 is 10.7. The zero-order valence-electron chi connectivity index (χ0n) is 14.5. The van der Waals surface area contributed by atoms with Gasteiger partial charge >= 0.3 is 12.1 Å². The summed E-state index contributed by atoms with van der Waals surface area (Å²) in [6.07, 6.45) is 1.07. The van der Waals surface area contributed by atoms with E-state index in [0.717, 1.165) is 18.5 Å². The molecule has 1 aliphatic rings. The summed E-state index contributed by atoms with van der Waals surface area (Å²) in [5, 5.41) is 5.91. The number of esters is 1. The van der Waals surface area contributed by atoms with Crippen LogP contribution in [-0.2, 0) is 20.9 Å². The largest absolute Gasteiger partial charge is 0.460 e. The lowest BCUT2D eigenvalue weighted by molar-refractivity contribution is -0.148. The molecular weight excluding hydrogens is 308 g/mol. The highest BCUT2D eigenvalue weighted by atomic mass is 16.6. The molecule has 2 unspecified atom stereocenters. The minimum atomic E-state index is -0.574. The molecule has 1 amide bonds. The summed E-state index contributed by atoms with van der Waals surface area (Å²) in [7, 11) is 0. The first-order valence-corrected chi connectivity index (χ1v) is 8.28. The number of carbonyl (C=O) groups is 2. The fraction of sp³-hybridized carbons (Fsp3) is 0.556. The third-order valence-corrected chi connectivity index (χ3v) is 3.64. The summed E-state index contributed by atoms with van der Waals surface area (Å²) in [5.41, 5.74) is 0.355. The lowest BCUT2D eigenvalue weighted by Crippen LogP contribution is -2.58. The molecule has 132 valence electrons. The number of carbonyl (C=O) groups excluding carboxylic acids is 2. The number of hydrogen-bond donors (Lipinski definition) is 2. The summed E-state index contributed by atoms with van der Waals surface area (Å²) in [6.45, 7) is 6.35. The van der Waals surface area contributed by atoms with Crippen LogP contribution in [0, 0.1) is 0 Å². The molecule has 0 radical (unpaired) electrons. The monoisotopic (exact) mass is 334 g/mol. The maximum absolute atomic E-state index is 12.4. The van der Waals surface area contributed by atoms with E-state index >= 15 is 0 Å². The van der Waals surface area contributed by atoms with Crippen molar-refractivity contribution in [2.24, 2.45) is 0 Å². The van der Waals surface area contributed by atoms with E-state index in [9.17, 15) is 9.59 Å². The Morgan fingerprint density at radius 3 is 2.62 bits per heavy atom. The second-order valence-electron chi connectivity index (χ2n) is 6.92. The van der Waals surface area contributed by atoms with Crippen molar-refractivity contribution >= 4 is 12.1 Å². The van der Waals surface area contributed by atoms with E-state index in [1.807, 2.05) is 30.3 Å². The van der Waals surface area contributed by atoms with Gasteiger partial charge in [-0.05, 0) is 45.7 Å². The first-order chi connectivity index (χ1) is 11.3. The van der Waals surface area contributed by atoms with E-state index in [4.69, 9.17) is 9.47 Å². The van der Waals surface area contributed by atoms with Gasteiger partial charge in [-0.2, -0.15) is 0 Å². The molecule has 6 heteroatoms. The van der Waals surface area contributed by atoms with Gasteiger partial charge in [0, 0.05) is 0 Å². The third kappa shape index (κ3) is 5.85. The van der Waals surface area contributed by atoms with Crippen LogP contribution in [0.2, 0.25) is 0 Å². The summed E-state index contributed by atoms with van der Waals surface area (Å²) in [5.74, 6) is -0.361. The number of hydrogen-bond acceptors (Lipinski definition) is 5. The van der Waals surface area contributed by atoms with Gasteiger partial charge in [-0.3, -0.25) is 4.79 Å². The Labute approximate surface area is 142 Å². The van der Waals surface area contributed by atoms with Gasteiger partial charge < -0.3 is 20.1 Å². The van der Waals surface area contributed by atoms with Gasteiger partial charge in [-0.25, -0.2) is 4.79 Å². The van der Waals surface area contributed by atoms with Crippen molar-refractivity contribution in [3.05, 3.63) is 35.9 Å². The summed E-state index contributed by atoms with van der Waals surface area (Å²) >= 11 is 0. The van der Waals surface area contributed by atoms with Crippen LogP contribution in [-0.4, -0.2) is 36.3 Å². The van der Waals surface area contributed by atoms with Crippen LogP contribution in [0.5, 0.6) is 0 Å². The van der Waals surface area contributed by atoms with Gasteiger partial charge in [0.2, 0.25) is 0 Å². The van der Waals surface area contributed by atoms with E-state index < -0.39 is 17.7 Å². The molecule has 0 bridgehead atoms. The zero-order chi connectivity index (χ0) is 17.6. The quantitative estimate of drug-likeness (QED) is 0.827. The predicted molar refractivity (Wildman–Crippen MR) is 90.4 cm³/mol. The summed E-state index contributed by atoms with van der Waals surface area (Å²) in [6, 6.07) is 8.61. The van der Waals surface area contributed by atoms with Crippen LogP contribution in [0.3, 0.4) is 0 Å². The molecule has 0 aliphatic carbocycles. The normalized spacial score (nSPS) is 21.0. The molecule has 1 fully saturated rings. The Morgan fingerprint density at radius 2 is 1.96 bits per heavy atom. The van der Waals surface area contributed by atoms with E-state index in [1.54, 1.807) is 20.8 Å². The van der Waals surface area contributed by atoms with Gasteiger partial charge in [-0.15, -0.1) is 0 Å². The first-order valence-electron chi connectivity index (χ1n) is 8.28. The highest BCUT2D eigenvalue weighted by molar-refractivity contribution is 5.78. The molecule has 1 aromatic rings. The maximum atomic E-state index is 12.4. The molecule has 2 rings (SSSR count). The fourth-order valence-corrected chi connectivity index (χ4v) is 2.57. The average molecular weight is 334 g/mol. The Balaban J connectivity index is 1.90. The Bertz CT molecular complexity index is 554. The second-order valence-corrected chi connectivity index (χ2v) is 6.92. The van der Waals surface area contributed by atoms with Crippen molar-refractivity contribution < 1.29 is 19.1 Å². The van der Waals surface area contributed by atoms with Gasteiger partial charge in [0.25, 0.3) is 0 Å². The van der Waals surface area contributed by atoms with Gasteiger partial charge in [0.05, 0.1) is 6.04 Å². The van der Waals surface area contributed by atoms with Gasteiger partial charge in [0.15, 0.2) is 0 Å². The van der Waals surface area contributed by atoms with Crippen molar-refractivity contribution in [3.63, 3.8) is 0 Å². The lowest BCUT2D eigenvalue weighted by Gasteiger charge is -2.32. The average Bonchev–Trinajstić information content (AvgIpc) is 2.52. The minimum absolute atomic E-state index is 0.219. The third-order valence-electron chi connectivity index (χ3n) is 3.64. The van der Waals surface area contributed by atoms with Crippen LogP contribution in [0.15, 0.2) is 30.3 Å². The Morgan fingerprint density at radius 1 is 1.25 bits per heavy atom. The molecule has 1 aliphatic heterocycles. The lowest BCUT2D eigenvalue weighted by atomic mass is 9.98. The van der Waals surface area contributed by atoms with Crippen LogP contribution < -0.4 is 10.6 Å². The number of alkyl carbamates (subject to hydrolysis) is 1. The molecule has 1 aromatic carbocycles. The second kappa shape index (κ2) is 8.15. The standard InChI is InChI=1S/C18H26N2O4/c1-18(2,3)24-17(22)20-14-10-7-11-19-15(14)16(21)23-12-13-8-5-4-6-9-13/h4-6,8-9,14-15,19H,7,10-12H2,1-3H3,(H,20,22). The van der Waals surface area contributed by atoms with Crippen LogP contribution in [0.4, 0.5) is 4.79 Å². The number of rotatable bonds is 4. The SMILES string of the molecule is CC(C)(C)OC(=O)NC1CCCNC1C(=O)OCc1ccccc1. The summed E-state index contributed by atoms with van der Waals surface area (Å²) in [4.78, 5) is 24.3. The van der Waals surface area contributed by atoms with Crippen LogP contribution in [0.1, 0.15) is 39.2 Å². The van der Waals surface area contributed by atoms with Crippen molar-refractivity contribution in [1.29, 1.82) is 0 Å². The molecule has 1 heterocycles. The molecule has 2 atom stereocenters. The minimum Gasteiger partial charge on any atom is -0.460 e. The Hall–Kier alpha value is -2.08. The molecule has 1 saturated heterocycles. The first kappa shape index (κ1) is 18.3. The van der Waals surface area contributed by atoms with Crippen molar-refractivity contribution in [2.45, 2.75) is 57.9 Å². The predicted octanol–water partition coefficient (Wildman–Crippen LogP) is 2.38. The van der Waals surface area contributed by atoms with Crippen LogP contribution >= 0.6 is 0 Å². The molecule has 6 nitrogen and oxygen atoms in total. The van der Waals surface area contributed by atoms with E-state index in [1.165, 1.54) is 0 Å². The number of amides is 1. The fourth-order valence-electron chi connectivity index (χ4n) is 2.57. The van der Waals surface area contributed by atoms with E-state index in [-0.39, 0.29) is 18.6 Å². The number of ether oxygens (including phenoxy) is 2. The number of benzene rings is 1. The molecule has 0 spiro atoms. The van der Waals surface area contributed by atoms with Crippen molar-refractivity contribution in [3.8, 4) is 0 Å². The van der Waals surface area contributed by atoms with Gasteiger partial charge in [0.1, 0.15) is 18.2 Å². The molecule has 0 saturated carbocycles. The smallest absolute Gasteiger partial charge is 0.407 e.